The van der Waals surface area contributed by atoms with E-state index in [0.717, 1.165) is 20.8 Å². The van der Waals surface area contributed by atoms with Crippen molar-refractivity contribution in [2.24, 2.45) is 5.73 Å². The number of carbonyl (C=O) groups excluding carboxylic acids is 5. The molecule has 4 atom stereocenters. The Morgan fingerprint density at radius 3 is 1.90 bits per heavy atom. The molecule has 0 spiro atoms. The van der Waals surface area contributed by atoms with Crippen molar-refractivity contribution in [3.8, 4) is 0 Å². The van der Waals surface area contributed by atoms with Gasteiger partial charge in [0.1, 0.15) is 6.61 Å². The second kappa shape index (κ2) is 16.1. The molecule has 4 unspecified atom stereocenters. The standard InChI is InChI=1S/C18H29NO12/c1-11(22)29-16(14(25)9-27-7-6-26-5-4-19)18(31-13(3)24)17(30-12(2)23)15(8-20)28-10-21/h10,15-18,20H,4-9,19H2,1-3H3. The minimum absolute atomic E-state index is 0.0116. The predicted octanol–water partition coefficient (Wildman–Crippen LogP) is -2.12. The maximum Gasteiger partial charge on any atom is 0.303 e. The van der Waals surface area contributed by atoms with Crippen LogP contribution in [0.5, 0.6) is 0 Å². The van der Waals surface area contributed by atoms with Crippen LogP contribution in [-0.2, 0) is 52.4 Å². The summed E-state index contributed by atoms with van der Waals surface area (Å²) in [6.45, 7) is 2.29. The van der Waals surface area contributed by atoms with Crippen molar-refractivity contribution in [3.05, 3.63) is 0 Å². The van der Waals surface area contributed by atoms with E-state index in [0.29, 0.717) is 13.2 Å². The quantitative estimate of drug-likeness (QED) is 0.106. The molecule has 0 aliphatic carbocycles. The molecular formula is C18H29NO12. The van der Waals surface area contributed by atoms with Gasteiger partial charge in [-0.2, -0.15) is 0 Å². The third-order valence-electron chi connectivity index (χ3n) is 3.49. The number of Topliss-reactive ketones (excluding diaryl/α,β-unsaturated/α-hetero) is 1. The number of hydrogen-bond donors (Lipinski definition) is 2. The van der Waals surface area contributed by atoms with Gasteiger partial charge in [-0.15, -0.1) is 0 Å². The number of esters is 3. The van der Waals surface area contributed by atoms with Crippen molar-refractivity contribution in [2.45, 2.75) is 45.2 Å². The summed E-state index contributed by atoms with van der Waals surface area (Å²) in [6, 6.07) is 0. The van der Waals surface area contributed by atoms with Crippen LogP contribution < -0.4 is 5.73 Å². The van der Waals surface area contributed by atoms with Crippen molar-refractivity contribution in [1.29, 1.82) is 0 Å². The summed E-state index contributed by atoms with van der Waals surface area (Å²) >= 11 is 0. The first-order chi connectivity index (χ1) is 14.7. The van der Waals surface area contributed by atoms with Crippen LogP contribution in [0.2, 0.25) is 0 Å². The molecule has 0 aromatic carbocycles. The highest BCUT2D eigenvalue weighted by Crippen LogP contribution is 2.20. The number of carbonyl (C=O) groups is 5. The van der Waals surface area contributed by atoms with E-state index >= 15 is 0 Å². The monoisotopic (exact) mass is 451 g/mol. The van der Waals surface area contributed by atoms with Gasteiger partial charge in [0.25, 0.3) is 6.47 Å². The number of hydrogen-bond acceptors (Lipinski definition) is 13. The van der Waals surface area contributed by atoms with E-state index in [4.69, 9.17) is 29.4 Å². The normalized spacial score (nSPS) is 14.5. The van der Waals surface area contributed by atoms with Gasteiger partial charge in [-0.05, 0) is 0 Å². The molecule has 31 heavy (non-hydrogen) atoms. The van der Waals surface area contributed by atoms with Gasteiger partial charge in [-0.25, -0.2) is 0 Å². The molecule has 13 nitrogen and oxygen atoms in total. The summed E-state index contributed by atoms with van der Waals surface area (Å²) in [5, 5.41) is 9.51. The average molecular weight is 451 g/mol. The predicted molar refractivity (Wildman–Crippen MR) is 100 cm³/mol. The third kappa shape index (κ3) is 12.0. The van der Waals surface area contributed by atoms with Crippen molar-refractivity contribution >= 4 is 30.2 Å². The first kappa shape index (κ1) is 28.4. The second-order valence-electron chi connectivity index (χ2n) is 6.05. The zero-order chi connectivity index (χ0) is 23.8. The smallest absolute Gasteiger partial charge is 0.303 e. The zero-order valence-electron chi connectivity index (χ0n) is 17.6. The topological polar surface area (TPSA) is 187 Å². The molecule has 0 amide bonds. The van der Waals surface area contributed by atoms with E-state index in [2.05, 4.69) is 4.74 Å². The fourth-order valence-electron chi connectivity index (χ4n) is 2.39. The van der Waals surface area contributed by atoms with Gasteiger partial charge in [0.15, 0.2) is 18.3 Å². The Morgan fingerprint density at radius 2 is 1.42 bits per heavy atom. The van der Waals surface area contributed by atoms with Gasteiger partial charge in [0.2, 0.25) is 11.9 Å². The van der Waals surface area contributed by atoms with Crippen LogP contribution in [0.4, 0.5) is 0 Å². The number of aliphatic hydroxyl groups excluding tert-OH is 1. The second-order valence-corrected chi connectivity index (χ2v) is 6.05. The number of aliphatic hydroxyl groups is 1. The molecule has 0 aliphatic rings. The molecule has 0 saturated carbocycles. The lowest BCUT2D eigenvalue weighted by molar-refractivity contribution is -0.199. The Labute approximate surface area is 179 Å². The Kier molecular flexibility index (Phi) is 14.8. The Balaban J connectivity index is 5.72. The van der Waals surface area contributed by atoms with Crippen LogP contribution in [0, 0.1) is 0 Å². The Hall–Kier alpha value is -2.61. The zero-order valence-corrected chi connectivity index (χ0v) is 17.6. The Morgan fingerprint density at radius 1 is 0.871 bits per heavy atom. The largest absolute Gasteiger partial charge is 0.458 e. The molecule has 3 N–H and O–H groups in total. The van der Waals surface area contributed by atoms with Crippen LogP contribution in [-0.4, -0.2) is 99.3 Å². The highest BCUT2D eigenvalue weighted by atomic mass is 16.6. The fraction of sp³-hybridized carbons (Fsp3) is 0.722. The van der Waals surface area contributed by atoms with E-state index in [1.165, 1.54) is 0 Å². The summed E-state index contributed by atoms with van der Waals surface area (Å²) in [4.78, 5) is 58.2. The van der Waals surface area contributed by atoms with Gasteiger partial charge < -0.3 is 39.3 Å². The SMILES string of the molecule is CC(=O)OC(C(=O)COCCOCCN)C(OC(C)=O)C(OC(C)=O)C(CO)OC=O. The fourth-order valence-corrected chi connectivity index (χ4v) is 2.39. The van der Waals surface area contributed by atoms with Crippen LogP contribution in [0.1, 0.15) is 20.8 Å². The lowest BCUT2D eigenvalue weighted by Crippen LogP contribution is -2.55. The number of ketones is 1. The molecule has 0 aliphatic heterocycles. The average Bonchev–Trinajstić information content (AvgIpc) is 2.69. The van der Waals surface area contributed by atoms with Crippen LogP contribution in [0.3, 0.4) is 0 Å². The van der Waals surface area contributed by atoms with E-state index in [9.17, 15) is 29.1 Å². The van der Waals surface area contributed by atoms with E-state index in [1.54, 1.807) is 0 Å². The van der Waals surface area contributed by atoms with E-state index in [-0.39, 0.29) is 19.7 Å². The molecule has 13 heteroatoms. The van der Waals surface area contributed by atoms with Crippen molar-refractivity contribution in [2.75, 3.05) is 39.6 Å². The minimum Gasteiger partial charge on any atom is -0.458 e. The van der Waals surface area contributed by atoms with Crippen LogP contribution in [0.15, 0.2) is 0 Å². The van der Waals surface area contributed by atoms with Gasteiger partial charge >= 0.3 is 17.9 Å². The Bertz CT molecular complexity index is 596. The molecule has 0 aromatic rings. The number of rotatable bonds is 17. The van der Waals surface area contributed by atoms with Gasteiger partial charge in [0.05, 0.1) is 26.4 Å². The summed E-state index contributed by atoms with van der Waals surface area (Å²) in [5.41, 5.74) is 5.28. The van der Waals surface area contributed by atoms with Gasteiger partial charge in [0, 0.05) is 27.3 Å². The summed E-state index contributed by atoms with van der Waals surface area (Å²) < 4.78 is 30.0. The molecular weight excluding hydrogens is 422 g/mol. The number of ether oxygens (including phenoxy) is 6. The van der Waals surface area contributed by atoms with Crippen LogP contribution >= 0.6 is 0 Å². The number of nitrogens with two attached hydrogens (primary N) is 1. The third-order valence-corrected chi connectivity index (χ3v) is 3.49. The summed E-state index contributed by atoms with van der Waals surface area (Å²) in [6.07, 6.45) is -6.73. The van der Waals surface area contributed by atoms with Crippen molar-refractivity contribution in [1.82, 2.24) is 0 Å². The molecule has 0 bridgehead atoms. The first-order valence-electron chi connectivity index (χ1n) is 9.27. The van der Waals surface area contributed by atoms with Gasteiger partial charge in [-0.1, -0.05) is 0 Å². The maximum atomic E-state index is 12.7. The van der Waals surface area contributed by atoms with E-state index in [1.807, 2.05) is 0 Å². The lowest BCUT2D eigenvalue weighted by Gasteiger charge is -2.33. The highest BCUT2D eigenvalue weighted by molar-refractivity contribution is 5.87. The first-order valence-corrected chi connectivity index (χ1v) is 9.27. The molecule has 0 heterocycles. The van der Waals surface area contributed by atoms with E-state index < -0.39 is 61.3 Å². The van der Waals surface area contributed by atoms with Crippen molar-refractivity contribution < 1.29 is 57.5 Å². The molecule has 178 valence electrons. The summed E-state index contributed by atoms with van der Waals surface area (Å²) in [7, 11) is 0. The maximum absolute atomic E-state index is 12.7. The molecule has 0 fully saturated rings. The highest BCUT2D eigenvalue weighted by Gasteiger charge is 2.45. The minimum atomic E-state index is -1.79. The molecule has 0 aromatic heterocycles. The molecule has 0 saturated heterocycles. The molecule has 0 radical (unpaired) electrons. The van der Waals surface area contributed by atoms with Gasteiger partial charge in [-0.3, -0.25) is 24.0 Å². The molecule has 0 rings (SSSR count). The van der Waals surface area contributed by atoms with Crippen molar-refractivity contribution in [3.63, 3.8) is 0 Å². The lowest BCUT2D eigenvalue weighted by atomic mass is 9.99. The van der Waals surface area contributed by atoms with Crippen LogP contribution in [0.25, 0.3) is 0 Å². The summed E-state index contributed by atoms with van der Waals surface area (Å²) in [5.74, 6) is -3.59.